The summed E-state index contributed by atoms with van der Waals surface area (Å²) in [4.78, 5) is 13.7. The van der Waals surface area contributed by atoms with E-state index >= 15 is 0 Å². The lowest BCUT2D eigenvalue weighted by atomic mass is 9.79. The van der Waals surface area contributed by atoms with Crippen LogP contribution in [-0.2, 0) is 4.79 Å². The molecule has 2 aliphatic rings. The molecule has 0 aromatic rings. The van der Waals surface area contributed by atoms with Crippen molar-refractivity contribution >= 4 is 5.97 Å². The molecule has 1 saturated heterocycles. The average Bonchev–Trinajstić information content (AvgIpc) is 2.29. The Balaban J connectivity index is 1.87. The topological polar surface area (TPSA) is 40.5 Å². The van der Waals surface area contributed by atoms with Gasteiger partial charge in [0.1, 0.15) is 0 Å². The van der Waals surface area contributed by atoms with Gasteiger partial charge in [-0.2, -0.15) is 0 Å². The predicted molar refractivity (Wildman–Crippen MR) is 72.5 cm³/mol. The molecule has 0 bridgehead atoms. The molecular formula is C15H27NO2. The van der Waals surface area contributed by atoms with Gasteiger partial charge in [0.25, 0.3) is 0 Å². The zero-order valence-electron chi connectivity index (χ0n) is 11.8. The van der Waals surface area contributed by atoms with Crippen LogP contribution in [0.3, 0.4) is 0 Å². The lowest BCUT2D eigenvalue weighted by Crippen LogP contribution is -2.47. The maximum atomic E-state index is 11.3. The number of hydrogen-bond acceptors (Lipinski definition) is 2. The van der Waals surface area contributed by atoms with Gasteiger partial charge in [0.05, 0.1) is 5.41 Å². The minimum Gasteiger partial charge on any atom is -0.481 e. The fourth-order valence-corrected chi connectivity index (χ4v) is 3.77. The van der Waals surface area contributed by atoms with Crippen LogP contribution in [0, 0.1) is 17.3 Å². The molecule has 3 heteroatoms. The van der Waals surface area contributed by atoms with E-state index in [-0.39, 0.29) is 0 Å². The Bertz CT molecular complexity index is 305. The highest BCUT2D eigenvalue weighted by Gasteiger charge is 2.38. The first kappa shape index (κ1) is 13.9. The van der Waals surface area contributed by atoms with E-state index in [4.69, 9.17) is 0 Å². The third-order valence-corrected chi connectivity index (χ3v) is 4.85. The number of hydrogen-bond donors (Lipinski definition) is 1. The van der Waals surface area contributed by atoms with Gasteiger partial charge >= 0.3 is 5.97 Å². The third-order valence-electron chi connectivity index (χ3n) is 4.85. The van der Waals surface area contributed by atoms with E-state index in [1.807, 2.05) is 6.92 Å². The summed E-state index contributed by atoms with van der Waals surface area (Å²) in [6, 6.07) is 0. The molecule has 104 valence electrons. The van der Waals surface area contributed by atoms with Gasteiger partial charge in [0.2, 0.25) is 0 Å². The van der Waals surface area contributed by atoms with Gasteiger partial charge in [-0.1, -0.05) is 19.8 Å². The number of nitrogens with zero attached hydrogens (tertiary/aromatic N) is 1. The summed E-state index contributed by atoms with van der Waals surface area (Å²) in [6.45, 7) is 7.21. The third kappa shape index (κ3) is 3.25. The number of carbonyl (C=O) groups is 1. The summed E-state index contributed by atoms with van der Waals surface area (Å²) < 4.78 is 0. The maximum absolute atomic E-state index is 11.3. The highest BCUT2D eigenvalue weighted by atomic mass is 16.4. The van der Waals surface area contributed by atoms with Gasteiger partial charge in [-0.15, -0.1) is 0 Å². The molecule has 0 amide bonds. The number of piperidine rings is 1. The van der Waals surface area contributed by atoms with Crippen LogP contribution in [0.15, 0.2) is 0 Å². The van der Waals surface area contributed by atoms with Gasteiger partial charge in [0, 0.05) is 13.1 Å². The largest absolute Gasteiger partial charge is 0.481 e. The van der Waals surface area contributed by atoms with Crippen molar-refractivity contribution in [1.82, 2.24) is 4.90 Å². The highest BCUT2D eigenvalue weighted by molar-refractivity contribution is 5.74. The van der Waals surface area contributed by atoms with Gasteiger partial charge in [0.15, 0.2) is 0 Å². The summed E-state index contributed by atoms with van der Waals surface area (Å²) in [5.74, 6) is 1.04. The van der Waals surface area contributed by atoms with Gasteiger partial charge < -0.3 is 10.0 Å². The Morgan fingerprint density at radius 1 is 1.39 bits per heavy atom. The second-order valence-electron chi connectivity index (χ2n) is 6.84. The molecule has 18 heavy (non-hydrogen) atoms. The monoisotopic (exact) mass is 253 g/mol. The second-order valence-corrected chi connectivity index (χ2v) is 6.84. The van der Waals surface area contributed by atoms with Crippen molar-refractivity contribution in [3.05, 3.63) is 0 Å². The normalized spacial score (nSPS) is 38.6. The standard InChI is InChI=1S/C15H27NO2/c1-12-5-3-6-13(9-12)10-16-8-4-7-15(2,11-16)14(17)18/h12-13H,3-11H2,1-2H3,(H,17,18). The molecule has 1 saturated carbocycles. The van der Waals surface area contributed by atoms with E-state index in [0.717, 1.165) is 44.3 Å². The molecule has 2 rings (SSSR count). The molecule has 3 unspecified atom stereocenters. The molecule has 1 aliphatic carbocycles. The van der Waals surface area contributed by atoms with E-state index in [2.05, 4.69) is 11.8 Å². The fourth-order valence-electron chi connectivity index (χ4n) is 3.77. The quantitative estimate of drug-likeness (QED) is 0.840. The number of carboxylic acids is 1. The Hall–Kier alpha value is -0.570. The Morgan fingerprint density at radius 2 is 2.17 bits per heavy atom. The molecule has 1 aliphatic heterocycles. The molecule has 1 heterocycles. The summed E-state index contributed by atoms with van der Waals surface area (Å²) >= 11 is 0. The lowest BCUT2D eigenvalue weighted by molar-refractivity contribution is -0.151. The van der Waals surface area contributed by atoms with Crippen molar-refractivity contribution in [2.24, 2.45) is 17.3 Å². The van der Waals surface area contributed by atoms with Gasteiger partial charge in [-0.25, -0.2) is 0 Å². The van der Waals surface area contributed by atoms with Gasteiger partial charge in [-0.3, -0.25) is 4.79 Å². The average molecular weight is 253 g/mol. The first-order chi connectivity index (χ1) is 8.49. The number of carboxylic acid groups (broad SMARTS) is 1. The Kier molecular flexibility index (Phi) is 4.31. The molecule has 1 N–H and O–H groups in total. The van der Waals surface area contributed by atoms with E-state index in [1.54, 1.807) is 0 Å². The maximum Gasteiger partial charge on any atom is 0.310 e. The van der Waals surface area contributed by atoms with Crippen LogP contribution in [0.1, 0.15) is 52.4 Å². The summed E-state index contributed by atoms with van der Waals surface area (Å²) in [5, 5.41) is 9.34. The van der Waals surface area contributed by atoms with Crippen molar-refractivity contribution in [3.8, 4) is 0 Å². The van der Waals surface area contributed by atoms with E-state index in [9.17, 15) is 9.90 Å². The predicted octanol–water partition coefficient (Wildman–Crippen LogP) is 3.00. The molecule has 0 aromatic carbocycles. The van der Waals surface area contributed by atoms with Crippen LogP contribution in [0.4, 0.5) is 0 Å². The summed E-state index contributed by atoms with van der Waals surface area (Å²) in [5.41, 5.74) is -0.515. The van der Waals surface area contributed by atoms with Crippen LogP contribution in [0.5, 0.6) is 0 Å². The number of rotatable bonds is 3. The Morgan fingerprint density at radius 3 is 2.83 bits per heavy atom. The van der Waals surface area contributed by atoms with Crippen LogP contribution in [-0.4, -0.2) is 35.6 Å². The minimum atomic E-state index is -0.621. The molecular weight excluding hydrogens is 226 g/mol. The van der Waals surface area contributed by atoms with Gasteiger partial charge in [-0.05, 0) is 51.0 Å². The van der Waals surface area contributed by atoms with E-state index < -0.39 is 11.4 Å². The first-order valence-electron chi connectivity index (χ1n) is 7.45. The number of likely N-dealkylation sites (tertiary alicyclic amines) is 1. The fraction of sp³-hybridized carbons (Fsp3) is 0.933. The van der Waals surface area contributed by atoms with Crippen molar-refractivity contribution < 1.29 is 9.90 Å². The van der Waals surface area contributed by atoms with E-state index in [1.165, 1.54) is 25.7 Å². The number of aliphatic carboxylic acids is 1. The summed E-state index contributed by atoms with van der Waals surface area (Å²) in [6.07, 6.45) is 7.27. The molecule has 2 fully saturated rings. The van der Waals surface area contributed by atoms with E-state index in [0.29, 0.717) is 0 Å². The molecule has 0 radical (unpaired) electrons. The highest BCUT2D eigenvalue weighted by Crippen LogP contribution is 2.33. The van der Waals surface area contributed by atoms with Crippen LogP contribution < -0.4 is 0 Å². The second kappa shape index (κ2) is 5.60. The van der Waals surface area contributed by atoms with Crippen molar-refractivity contribution in [1.29, 1.82) is 0 Å². The Labute approximate surface area is 111 Å². The van der Waals surface area contributed by atoms with Crippen molar-refractivity contribution in [2.75, 3.05) is 19.6 Å². The smallest absolute Gasteiger partial charge is 0.310 e. The molecule has 0 aromatic heterocycles. The molecule has 0 spiro atoms. The molecule has 3 atom stereocenters. The SMILES string of the molecule is CC1CCCC(CN2CCCC(C)(C(=O)O)C2)C1. The van der Waals surface area contributed by atoms with Crippen LogP contribution >= 0.6 is 0 Å². The first-order valence-corrected chi connectivity index (χ1v) is 7.45. The zero-order valence-corrected chi connectivity index (χ0v) is 11.8. The zero-order chi connectivity index (χ0) is 13.2. The summed E-state index contributed by atoms with van der Waals surface area (Å²) in [7, 11) is 0. The van der Waals surface area contributed by atoms with Crippen LogP contribution in [0.2, 0.25) is 0 Å². The van der Waals surface area contributed by atoms with Crippen molar-refractivity contribution in [3.63, 3.8) is 0 Å². The lowest BCUT2D eigenvalue weighted by Gasteiger charge is -2.40. The molecule has 3 nitrogen and oxygen atoms in total. The minimum absolute atomic E-state index is 0.515. The van der Waals surface area contributed by atoms with Crippen molar-refractivity contribution in [2.45, 2.75) is 52.4 Å². The van der Waals surface area contributed by atoms with Crippen LogP contribution in [0.25, 0.3) is 0 Å².